The smallest absolute Gasteiger partial charge is 0.258 e. The van der Waals surface area contributed by atoms with E-state index in [1.165, 1.54) is 16.3 Å². The Morgan fingerprint density at radius 2 is 1.89 bits per heavy atom. The third kappa shape index (κ3) is 4.67. The molecule has 0 atom stereocenters. The van der Waals surface area contributed by atoms with Crippen molar-refractivity contribution >= 4 is 5.91 Å². The fraction of sp³-hybridized carbons (Fsp3) is 0.263. The zero-order valence-corrected chi connectivity index (χ0v) is 15.4. The summed E-state index contributed by atoms with van der Waals surface area (Å²) in [4.78, 5) is 12.0. The number of rotatable bonds is 7. The lowest BCUT2D eigenvalue weighted by atomic mass is 10.0. The van der Waals surface area contributed by atoms with E-state index < -0.39 is 11.6 Å². The highest BCUT2D eigenvalue weighted by atomic mass is 19.2. The van der Waals surface area contributed by atoms with Crippen molar-refractivity contribution in [2.24, 2.45) is 0 Å². The molecule has 0 saturated heterocycles. The lowest BCUT2D eigenvalue weighted by molar-refractivity contribution is -0.123. The molecule has 9 heteroatoms. The molecule has 1 N–H and O–H groups in total. The number of hydrogen-bond donors (Lipinski definition) is 1. The number of amides is 1. The number of hydrogen-bond acceptors (Lipinski definition) is 5. The van der Waals surface area contributed by atoms with Gasteiger partial charge in [-0.25, -0.2) is 8.78 Å². The zero-order valence-electron chi connectivity index (χ0n) is 15.4. The van der Waals surface area contributed by atoms with E-state index in [2.05, 4.69) is 34.7 Å². The molecular weight excluding hydrogens is 368 g/mol. The second kappa shape index (κ2) is 8.55. The Hall–Kier alpha value is -3.36. The SMILES string of the molecule is CC(C)c1ccc(OCC(=O)NCc2nnnn2-c2ccc(F)c(F)c2)cc1. The van der Waals surface area contributed by atoms with Gasteiger partial charge in [0.15, 0.2) is 24.1 Å². The summed E-state index contributed by atoms with van der Waals surface area (Å²) in [6.07, 6.45) is 0. The van der Waals surface area contributed by atoms with Crippen LogP contribution in [-0.4, -0.2) is 32.7 Å². The molecule has 0 radical (unpaired) electrons. The summed E-state index contributed by atoms with van der Waals surface area (Å²) < 4.78 is 33.1. The van der Waals surface area contributed by atoms with Gasteiger partial charge < -0.3 is 10.1 Å². The Bertz CT molecular complexity index is 957. The summed E-state index contributed by atoms with van der Waals surface area (Å²) in [5.74, 6) is -1.08. The number of nitrogens with zero attached hydrogens (tertiary/aromatic N) is 4. The second-order valence-corrected chi connectivity index (χ2v) is 6.39. The van der Waals surface area contributed by atoms with Gasteiger partial charge in [-0.2, -0.15) is 4.68 Å². The number of carbonyl (C=O) groups is 1. The van der Waals surface area contributed by atoms with Crippen LogP contribution in [0.1, 0.15) is 31.2 Å². The first-order chi connectivity index (χ1) is 13.4. The van der Waals surface area contributed by atoms with Crippen LogP contribution in [-0.2, 0) is 11.3 Å². The van der Waals surface area contributed by atoms with E-state index in [-0.39, 0.29) is 30.6 Å². The number of carbonyl (C=O) groups excluding carboxylic acids is 1. The minimum absolute atomic E-state index is 0.000472. The van der Waals surface area contributed by atoms with E-state index in [0.717, 1.165) is 12.1 Å². The molecular formula is C19H19F2N5O2. The minimum atomic E-state index is -1.01. The van der Waals surface area contributed by atoms with Gasteiger partial charge in [0, 0.05) is 6.07 Å². The molecule has 146 valence electrons. The molecule has 3 rings (SSSR count). The Balaban J connectivity index is 1.55. The summed E-state index contributed by atoms with van der Waals surface area (Å²) in [5.41, 5.74) is 1.43. The van der Waals surface area contributed by atoms with Crippen LogP contribution in [0.5, 0.6) is 5.75 Å². The number of aromatic nitrogens is 4. The molecule has 1 amide bonds. The maximum atomic E-state index is 13.4. The first kappa shape index (κ1) is 19.4. The molecule has 0 aliphatic rings. The van der Waals surface area contributed by atoms with Crippen molar-refractivity contribution in [3.8, 4) is 11.4 Å². The van der Waals surface area contributed by atoms with Crippen molar-refractivity contribution in [1.82, 2.24) is 25.5 Å². The van der Waals surface area contributed by atoms with Gasteiger partial charge in [-0.1, -0.05) is 26.0 Å². The molecule has 7 nitrogen and oxygen atoms in total. The van der Waals surface area contributed by atoms with Crippen molar-refractivity contribution in [3.05, 3.63) is 65.5 Å². The summed E-state index contributed by atoms with van der Waals surface area (Å²) >= 11 is 0. The van der Waals surface area contributed by atoms with Crippen molar-refractivity contribution in [2.45, 2.75) is 26.3 Å². The van der Waals surface area contributed by atoms with Crippen LogP contribution >= 0.6 is 0 Å². The predicted molar refractivity (Wildman–Crippen MR) is 96.9 cm³/mol. The normalized spacial score (nSPS) is 10.9. The van der Waals surface area contributed by atoms with Gasteiger partial charge in [0.25, 0.3) is 5.91 Å². The lowest BCUT2D eigenvalue weighted by Crippen LogP contribution is -2.29. The Labute approximate surface area is 160 Å². The average molecular weight is 387 g/mol. The van der Waals surface area contributed by atoms with E-state index >= 15 is 0 Å². The van der Waals surface area contributed by atoms with Gasteiger partial charge in [-0.05, 0) is 46.2 Å². The molecule has 1 heterocycles. The van der Waals surface area contributed by atoms with E-state index in [1.807, 2.05) is 24.3 Å². The molecule has 0 bridgehead atoms. The lowest BCUT2D eigenvalue weighted by Gasteiger charge is -2.09. The van der Waals surface area contributed by atoms with Gasteiger partial charge in [0.1, 0.15) is 5.75 Å². The summed E-state index contributed by atoms with van der Waals surface area (Å²) in [6, 6.07) is 10.8. The first-order valence-electron chi connectivity index (χ1n) is 8.66. The summed E-state index contributed by atoms with van der Waals surface area (Å²) in [5, 5.41) is 13.7. The van der Waals surface area contributed by atoms with Crippen molar-refractivity contribution < 1.29 is 18.3 Å². The Morgan fingerprint density at radius 3 is 2.57 bits per heavy atom. The van der Waals surface area contributed by atoms with Crippen molar-refractivity contribution in [3.63, 3.8) is 0 Å². The first-order valence-corrected chi connectivity index (χ1v) is 8.66. The zero-order chi connectivity index (χ0) is 20.1. The van der Waals surface area contributed by atoms with Crippen LogP contribution in [0.3, 0.4) is 0 Å². The third-order valence-corrected chi connectivity index (χ3v) is 4.04. The quantitative estimate of drug-likeness (QED) is 0.674. The third-order valence-electron chi connectivity index (χ3n) is 4.04. The van der Waals surface area contributed by atoms with Crippen LogP contribution in [0.4, 0.5) is 8.78 Å². The van der Waals surface area contributed by atoms with Crippen LogP contribution < -0.4 is 10.1 Å². The minimum Gasteiger partial charge on any atom is -0.484 e. The van der Waals surface area contributed by atoms with Gasteiger partial charge in [-0.15, -0.1) is 5.10 Å². The Morgan fingerprint density at radius 1 is 1.14 bits per heavy atom. The standard InChI is InChI=1S/C19H19F2N5O2/c1-12(2)13-3-6-15(7-4-13)28-11-19(27)22-10-18-23-24-25-26(18)14-5-8-16(20)17(21)9-14/h3-9,12H,10-11H2,1-2H3,(H,22,27). The van der Waals surface area contributed by atoms with Gasteiger partial charge in [-0.3, -0.25) is 4.79 Å². The molecule has 1 aromatic heterocycles. The van der Waals surface area contributed by atoms with Crippen LogP contribution in [0.15, 0.2) is 42.5 Å². The average Bonchev–Trinajstić information content (AvgIpc) is 3.16. The molecule has 2 aromatic carbocycles. The van der Waals surface area contributed by atoms with E-state index in [1.54, 1.807) is 0 Å². The fourth-order valence-electron chi connectivity index (χ4n) is 2.46. The highest BCUT2D eigenvalue weighted by Gasteiger charge is 2.12. The second-order valence-electron chi connectivity index (χ2n) is 6.39. The van der Waals surface area contributed by atoms with Gasteiger partial charge in [0.2, 0.25) is 0 Å². The molecule has 0 aliphatic heterocycles. The van der Waals surface area contributed by atoms with E-state index in [4.69, 9.17) is 4.74 Å². The maximum Gasteiger partial charge on any atom is 0.258 e. The number of benzene rings is 2. The highest BCUT2D eigenvalue weighted by molar-refractivity contribution is 5.77. The predicted octanol–water partition coefficient (Wildman–Crippen LogP) is 2.76. The topological polar surface area (TPSA) is 81.9 Å². The van der Waals surface area contributed by atoms with Crippen LogP contribution in [0.2, 0.25) is 0 Å². The Kier molecular flexibility index (Phi) is 5.93. The van der Waals surface area contributed by atoms with Crippen molar-refractivity contribution in [1.29, 1.82) is 0 Å². The molecule has 0 aliphatic carbocycles. The summed E-state index contributed by atoms with van der Waals surface area (Å²) in [7, 11) is 0. The van der Waals surface area contributed by atoms with E-state index in [9.17, 15) is 13.6 Å². The van der Waals surface area contributed by atoms with E-state index in [0.29, 0.717) is 11.7 Å². The van der Waals surface area contributed by atoms with Crippen LogP contribution in [0, 0.1) is 11.6 Å². The monoisotopic (exact) mass is 387 g/mol. The largest absolute Gasteiger partial charge is 0.484 e. The van der Waals surface area contributed by atoms with Crippen LogP contribution in [0.25, 0.3) is 5.69 Å². The number of nitrogens with one attached hydrogen (secondary N) is 1. The highest BCUT2D eigenvalue weighted by Crippen LogP contribution is 2.18. The van der Waals surface area contributed by atoms with Crippen molar-refractivity contribution in [2.75, 3.05) is 6.61 Å². The fourth-order valence-corrected chi connectivity index (χ4v) is 2.46. The number of halogens is 2. The molecule has 0 fully saturated rings. The number of tetrazole rings is 1. The molecule has 3 aromatic rings. The molecule has 28 heavy (non-hydrogen) atoms. The molecule has 0 spiro atoms. The molecule has 0 saturated carbocycles. The number of ether oxygens (including phenoxy) is 1. The molecule has 0 unspecified atom stereocenters. The van der Waals surface area contributed by atoms with Gasteiger partial charge in [0.05, 0.1) is 12.2 Å². The maximum absolute atomic E-state index is 13.4. The summed E-state index contributed by atoms with van der Waals surface area (Å²) in [6.45, 7) is 4.02. The van der Waals surface area contributed by atoms with Gasteiger partial charge >= 0.3 is 0 Å².